The maximum absolute atomic E-state index is 13.2. The van der Waals surface area contributed by atoms with Crippen LogP contribution in [-0.2, 0) is 21.5 Å². The van der Waals surface area contributed by atoms with Crippen LogP contribution in [0, 0.1) is 23.2 Å². The summed E-state index contributed by atoms with van der Waals surface area (Å²) < 4.78 is 5.57. The van der Waals surface area contributed by atoms with Gasteiger partial charge in [-0.2, -0.15) is 0 Å². The summed E-state index contributed by atoms with van der Waals surface area (Å²) in [7, 11) is 1.77. The van der Waals surface area contributed by atoms with Crippen LogP contribution in [0.1, 0.15) is 55.2 Å². The van der Waals surface area contributed by atoms with Crippen LogP contribution in [0.4, 0.5) is 0 Å². The molecule has 5 heteroatoms. The predicted octanol–water partition coefficient (Wildman–Crippen LogP) is 2.22. The van der Waals surface area contributed by atoms with Crippen molar-refractivity contribution >= 4 is 11.9 Å². The molecular weight excluding hydrogens is 338 g/mol. The maximum Gasteiger partial charge on any atom is 0.259 e. The Kier molecular flexibility index (Phi) is 3.64. The number of nitrogens with zero attached hydrogens (tertiary/aromatic N) is 1. The normalized spacial score (nSPS) is 34.2. The van der Waals surface area contributed by atoms with E-state index in [2.05, 4.69) is 35.4 Å². The number of amides is 1. The second-order valence-electron chi connectivity index (χ2n) is 8.47. The van der Waals surface area contributed by atoms with Crippen LogP contribution in [0.3, 0.4) is 0 Å². The molecule has 5 rings (SSSR count). The minimum absolute atomic E-state index is 0.0816. The SMILES string of the molecule is COC1CCC2(CC1)Cc1ccc(C#CC3CC3)cc1C21N=C(N)NC1=O. The number of guanidine groups is 1. The molecule has 4 aliphatic rings. The lowest BCUT2D eigenvalue weighted by atomic mass is 9.61. The van der Waals surface area contributed by atoms with Crippen LogP contribution < -0.4 is 11.1 Å². The average molecular weight is 363 g/mol. The highest BCUT2D eigenvalue weighted by Gasteiger charge is 2.65. The molecule has 1 amide bonds. The van der Waals surface area contributed by atoms with Crippen molar-refractivity contribution in [2.45, 2.75) is 56.6 Å². The lowest BCUT2D eigenvalue weighted by Crippen LogP contribution is -2.51. The summed E-state index contributed by atoms with van der Waals surface area (Å²) in [6, 6.07) is 6.31. The molecular formula is C22H25N3O2. The Morgan fingerprint density at radius 3 is 2.67 bits per heavy atom. The van der Waals surface area contributed by atoms with E-state index in [1.54, 1.807) is 7.11 Å². The van der Waals surface area contributed by atoms with Crippen molar-refractivity contribution < 1.29 is 9.53 Å². The monoisotopic (exact) mass is 363 g/mol. The molecule has 1 heterocycles. The third-order valence-electron chi connectivity index (χ3n) is 6.88. The summed E-state index contributed by atoms with van der Waals surface area (Å²) in [6.07, 6.45) is 7.25. The highest BCUT2D eigenvalue weighted by Crippen LogP contribution is 2.60. The minimum Gasteiger partial charge on any atom is -0.381 e. The molecule has 1 aromatic rings. The first-order valence-corrected chi connectivity index (χ1v) is 9.91. The summed E-state index contributed by atoms with van der Waals surface area (Å²) in [4.78, 5) is 18.0. The van der Waals surface area contributed by atoms with Crippen molar-refractivity contribution in [3.05, 3.63) is 34.9 Å². The number of methoxy groups -OCH3 is 1. The lowest BCUT2D eigenvalue weighted by molar-refractivity contribution is -0.130. The molecule has 2 saturated carbocycles. The van der Waals surface area contributed by atoms with E-state index in [1.165, 1.54) is 18.4 Å². The van der Waals surface area contributed by atoms with Crippen LogP contribution in [0.5, 0.6) is 0 Å². The van der Waals surface area contributed by atoms with Gasteiger partial charge in [0.25, 0.3) is 5.91 Å². The number of carbonyl (C=O) groups excluding carboxylic acids is 1. The van der Waals surface area contributed by atoms with E-state index >= 15 is 0 Å². The summed E-state index contributed by atoms with van der Waals surface area (Å²) in [5.41, 5.74) is 8.02. The first kappa shape index (κ1) is 16.8. The largest absolute Gasteiger partial charge is 0.381 e. The molecule has 3 aliphatic carbocycles. The molecule has 1 atom stereocenters. The van der Waals surface area contributed by atoms with E-state index in [9.17, 15) is 4.79 Å². The molecule has 140 valence electrons. The Morgan fingerprint density at radius 1 is 1.26 bits per heavy atom. The lowest BCUT2D eigenvalue weighted by Gasteiger charge is -2.44. The highest BCUT2D eigenvalue weighted by atomic mass is 16.5. The Morgan fingerprint density at radius 2 is 2.04 bits per heavy atom. The molecule has 27 heavy (non-hydrogen) atoms. The van der Waals surface area contributed by atoms with Gasteiger partial charge >= 0.3 is 0 Å². The van der Waals surface area contributed by atoms with Gasteiger partial charge in [-0.15, -0.1) is 0 Å². The van der Waals surface area contributed by atoms with Gasteiger partial charge in [0.05, 0.1) is 6.10 Å². The van der Waals surface area contributed by atoms with Gasteiger partial charge in [0.2, 0.25) is 0 Å². The minimum atomic E-state index is -0.914. The molecule has 0 radical (unpaired) electrons. The molecule has 1 aliphatic heterocycles. The topological polar surface area (TPSA) is 76.7 Å². The van der Waals surface area contributed by atoms with Gasteiger partial charge in [0, 0.05) is 24.0 Å². The molecule has 2 spiro atoms. The number of hydrogen-bond donors (Lipinski definition) is 2. The molecule has 5 nitrogen and oxygen atoms in total. The van der Waals surface area contributed by atoms with Gasteiger partial charge in [-0.25, -0.2) is 4.99 Å². The fourth-order valence-electron chi connectivity index (χ4n) is 5.26. The van der Waals surface area contributed by atoms with Gasteiger partial charge in [-0.05, 0) is 68.2 Å². The molecule has 3 N–H and O–H groups in total. The van der Waals surface area contributed by atoms with Crippen LogP contribution >= 0.6 is 0 Å². The van der Waals surface area contributed by atoms with E-state index < -0.39 is 5.54 Å². The van der Waals surface area contributed by atoms with E-state index in [0.717, 1.165) is 43.2 Å². The number of nitrogens with two attached hydrogens (primary N) is 1. The van der Waals surface area contributed by atoms with E-state index in [4.69, 9.17) is 15.5 Å². The number of aliphatic imine (C=N–C) groups is 1. The molecule has 0 saturated heterocycles. The molecule has 2 fully saturated rings. The summed E-state index contributed by atoms with van der Waals surface area (Å²) in [6.45, 7) is 0. The second-order valence-corrected chi connectivity index (χ2v) is 8.47. The smallest absolute Gasteiger partial charge is 0.259 e. The number of carbonyl (C=O) groups is 1. The van der Waals surface area contributed by atoms with Crippen LogP contribution in [0.2, 0.25) is 0 Å². The van der Waals surface area contributed by atoms with Crippen LogP contribution in [0.25, 0.3) is 0 Å². The van der Waals surface area contributed by atoms with Crippen molar-refractivity contribution in [3.63, 3.8) is 0 Å². The van der Waals surface area contributed by atoms with Crippen molar-refractivity contribution in [1.82, 2.24) is 5.32 Å². The van der Waals surface area contributed by atoms with Crippen molar-refractivity contribution in [2.24, 2.45) is 22.1 Å². The predicted molar refractivity (Wildman–Crippen MR) is 103 cm³/mol. The number of hydrogen-bond acceptors (Lipinski definition) is 4. The molecule has 1 unspecified atom stereocenters. The Bertz CT molecular complexity index is 898. The van der Waals surface area contributed by atoms with Crippen molar-refractivity contribution in [3.8, 4) is 11.8 Å². The van der Waals surface area contributed by atoms with Crippen molar-refractivity contribution in [1.29, 1.82) is 0 Å². The fraction of sp³-hybridized carbons (Fsp3) is 0.545. The van der Waals surface area contributed by atoms with Crippen LogP contribution in [-0.4, -0.2) is 25.1 Å². The molecule has 0 aromatic heterocycles. The Balaban J connectivity index is 1.61. The Hall–Kier alpha value is -2.32. The van der Waals surface area contributed by atoms with E-state index in [1.807, 2.05) is 0 Å². The number of rotatable bonds is 1. The zero-order chi connectivity index (χ0) is 18.6. The van der Waals surface area contributed by atoms with Gasteiger partial charge < -0.3 is 10.5 Å². The third kappa shape index (κ3) is 2.43. The quantitative estimate of drug-likeness (QED) is 0.751. The number of ether oxygens (including phenoxy) is 1. The number of nitrogens with one attached hydrogen (secondary N) is 1. The third-order valence-corrected chi connectivity index (χ3v) is 6.88. The average Bonchev–Trinajstić information content (AvgIpc) is 3.40. The maximum atomic E-state index is 13.2. The standard InChI is InChI=1S/C22H25N3O2/c1-27-17-8-10-21(11-9-17)13-16-7-6-15(5-4-14-2-3-14)12-18(16)22(21)19(26)24-20(23)25-22/h6-7,12,14,17H,2-3,8-11,13H2,1H3,(H3,23,24,25,26). The number of fused-ring (bicyclic) bond motifs is 3. The van der Waals surface area contributed by atoms with Gasteiger partial charge in [-0.1, -0.05) is 17.9 Å². The highest BCUT2D eigenvalue weighted by molar-refractivity contribution is 6.08. The molecule has 0 bridgehead atoms. The number of benzene rings is 1. The summed E-state index contributed by atoms with van der Waals surface area (Å²) in [5, 5.41) is 2.79. The van der Waals surface area contributed by atoms with E-state index in [-0.39, 0.29) is 23.4 Å². The first-order valence-electron chi connectivity index (χ1n) is 9.91. The van der Waals surface area contributed by atoms with Crippen molar-refractivity contribution in [2.75, 3.05) is 7.11 Å². The van der Waals surface area contributed by atoms with Gasteiger partial charge in [-0.3, -0.25) is 10.1 Å². The van der Waals surface area contributed by atoms with Gasteiger partial charge in [0.15, 0.2) is 11.5 Å². The Labute approximate surface area is 159 Å². The summed E-state index contributed by atoms with van der Waals surface area (Å²) >= 11 is 0. The zero-order valence-corrected chi connectivity index (χ0v) is 15.7. The molecule has 1 aromatic carbocycles. The zero-order valence-electron chi connectivity index (χ0n) is 15.7. The summed E-state index contributed by atoms with van der Waals surface area (Å²) in [5.74, 6) is 7.31. The fourth-order valence-corrected chi connectivity index (χ4v) is 5.26. The van der Waals surface area contributed by atoms with Gasteiger partial charge in [0.1, 0.15) is 0 Å². The van der Waals surface area contributed by atoms with Crippen LogP contribution in [0.15, 0.2) is 23.2 Å². The van der Waals surface area contributed by atoms with E-state index in [0.29, 0.717) is 5.92 Å². The second kappa shape index (κ2) is 5.84. The first-order chi connectivity index (χ1) is 13.1.